The zero-order valence-corrected chi connectivity index (χ0v) is 19.3. The van der Waals surface area contributed by atoms with Crippen LogP contribution in [0.1, 0.15) is 12.5 Å². The van der Waals surface area contributed by atoms with Gasteiger partial charge in [-0.25, -0.2) is 9.18 Å². The fraction of sp³-hybridized carbons (Fsp3) is 0.190. The van der Waals surface area contributed by atoms with E-state index < -0.39 is 23.0 Å². The van der Waals surface area contributed by atoms with E-state index in [1.807, 2.05) is 0 Å². The Morgan fingerprint density at radius 1 is 1.19 bits per heavy atom. The van der Waals surface area contributed by atoms with Crippen molar-refractivity contribution in [2.75, 3.05) is 6.61 Å². The summed E-state index contributed by atoms with van der Waals surface area (Å²) in [6, 6.07) is 9.46. The summed E-state index contributed by atoms with van der Waals surface area (Å²) in [7, 11) is 0. The van der Waals surface area contributed by atoms with Gasteiger partial charge in [0.25, 0.3) is 5.56 Å². The molecule has 0 spiro atoms. The average Bonchev–Trinajstić information content (AvgIpc) is 3.09. The summed E-state index contributed by atoms with van der Waals surface area (Å²) in [5.41, 5.74) is -0.793. The highest BCUT2D eigenvalue weighted by molar-refractivity contribution is 9.10. The van der Waals surface area contributed by atoms with E-state index in [2.05, 4.69) is 15.9 Å². The Kier molecular flexibility index (Phi) is 6.00. The van der Waals surface area contributed by atoms with E-state index in [9.17, 15) is 18.8 Å². The molecule has 10 heteroatoms. The van der Waals surface area contributed by atoms with Gasteiger partial charge in [0.2, 0.25) is 0 Å². The first kappa shape index (κ1) is 21.7. The SMILES string of the molecule is CCOC(=O)Cn1c(=O)n(Cc2ccc(Br)cc2F)c(=O)c2sc3ccc(Cl)cc3c21. The number of halogens is 3. The maximum absolute atomic E-state index is 14.4. The lowest BCUT2D eigenvalue weighted by Crippen LogP contribution is -2.41. The Balaban J connectivity index is 2.01. The van der Waals surface area contributed by atoms with Crippen LogP contribution in [-0.4, -0.2) is 21.7 Å². The van der Waals surface area contributed by atoms with E-state index in [-0.39, 0.29) is 30.0 Å². The molecule has 0 radical (unpaired) electrons. The summed E-state index contributed by atoms with van der Waals surface area (Å²) in [5, 5.41) is 1.02. The van der Waals surface area contributed by atoms with Gasteiger partial charge in [0, 0.05) is 25.1 Å². The second-order valence-corrected chi connectivity index (χ2v) is 9.13. The molecular weight excluding hydrogens is 511 g/mol. The third-order valence-electron chi connectivity index (χ3n) is 4.73. The number of thiophene rings is 1. The highest BCUT2D eigenvalue weighted by Crippen LogP contribution is 2.33. The molecule has 31 heavy (non-hydrogen) atoms. The Morgan fingerprint density at radius 3 is 2.68 bits per heavy atom. The van der Waals surface area contributed by atoms with Crippen LogP contribution in [0.25, 0.3) is 20.3 Å². The lowest BCUT2D eigenvalue weighted by atomic mass is 10.2. The van der Waals surface area contributed by atoms with Gasteiger partial charge in [0.1, 0.15) is 17.1 Å². The molecule has 0 unspecified atom stereocenters. The van der Waals surface area contributed by atoms with Crippen LogP contribution in [0, 0.1) is 5.82 Å². The average molecular weight is 526 g/mol. The molecule has 0 aliphatic carbocycles. The van der Waals surface area contributed by atoms with Crippen molar-refractivity contribution >= 4 is 65.1 Å². The topological polar surface area (TPSA) is 70.3 Å². The van der Waals surface area contributed by atoms with Crippen LogP contribution >= 0.6 is 38.9 Å². The van der Waals surface area contributed by atoms with Gasteiger partial charge in [-0.1, -0.05) is 33.6 Å². The van der Waals surface area contributed by atoms with Gasteiger partial charge in [0.05, 0.1) is 18.7 Å². The van der Waals surface area contributed by atoms with E-state index in [1.54, 1.807) is 31.2 Å². The molecule has 0 N–H and O–H groups in total. The fourth-order valence-corrected chi connectivity index (χ4v) is 5.00. The number of rotatable bonds is 5. The molecule has 160 valence electrons. The summed E-state index contributed by atoms with van der Waals surface area (Å²) in [5.74, 6) is -1.17. The van der Waals surface area contributed by atoms with Gasteiger partial charge < -0.3 is 4.74 Å². The first-order valence-electron chi connectivity index (χ1n) is 9.25. The first-order valence-corrected chi connectivity index (χ1v) is 11.2. The molecule has 0 saturated heterocycles. The van der Waals surface area contributed by atoms with Crippen molar-refractivity contribution < 1.29 is 13.9 Å². The van der Waals surface area contributed by atoms with Crippen LogP contribution in [0.2, 0.25) is 5.02 Å². The van der Waals surface area contributed by atoms with Crippen LogP contribution in [0.15, 0.2) is 50.5 Å². The van der Waals surface area contributed by atoms with E-state index in [1.165, 1.54) is 28.0 Å². The van der Waals surface area contributed by atoms with Crippen molar-refractivity contribution in [1.82, 2.24) is 9.13 Å². The minimum Gasteiger partial charge on any atom is -0.465 e. The molecule has 0 aliphatic rings. The standard InChI is InChI=1S/C21H15BrClFN2O4S/c1-2-30-17(27)10-25-18-14-8-13(23)5-6-16(14)31-19(18)20(28)26(21(25)29)9-11-3-4-12(22)7-15(11)24/h3-8H,2,9-10H2,1H3. The quantitative estimate of drug-likeness (QED) is 0.359. The molecule has 0 amide bonds. The van der Waals surface area contributed by atoms with Crippen molar-refractivity contribution in [3.63, 3.8) is 0 Å². The van der Waals surface area contributed by atoms with Crippen molar-refractivity contribution in [2.24, 2.45) is 0 Å². The van der Waals surface area contributed by atoms with Crippen molar-refractivity contribution in [2.45, 2.75) is 20.0 Å². The molecule has 0 bridgehead atoms. The molecule has 4 rings (SSSR count). The normalized spacial score (nSPS) is 11.4. The van der Waals surface area contributed by atoms with Crippen LogP contribution in [-0.2, 0) is 22.6 Å². The maximum Gasteiger partial charge on any atom is 0.332 e. The molecular formula is C21H15BrClFN2O4S. The fourth-order valence-electron chi connectivity index (χ4n) is 3.36. The monoisotopic (exact) mass is 524 g/mol. The third kappa shape index (κ3) is 4.05. The Bertz CT molecular complexity index is 1460. The van der Waals surface area contributed by atoms with Gasteiger partial charge in [-0.15, -0.1) is 11.3 Å². The number of carbonyl (C=O) groups is 1. The molecule has 2 aromatic heterocycles. The highest BCUT2D eigenvalue weighted by Gasteiger charge is 2.21. The number of aromatic nitrogens is 2. The Labute approximate surface area is 192 Å². The highest BCUT2D eigenvalue weighted by atomic mass is 79.9. The number of hydrogen-bond donors (Lipinski definition) is 0. The van der Waals surface area contributed by atoms with Crippen LogP contribution in [0.3, 0.4) is 0 Å². The van der Waals surface area contributed by atoms with Crippen LogP contribution < -0.4 is 11.2 Å². The van der Waals surface area contributed by atoms with Crippen molar-refractivity contribution in [3.8, 4) is 0 Å². The minimum absolute atomic E-state index is 0.149. The predicted molar refractivity (Wildman–Crippen MR) is 123 cm³/mol. The number of benzene rings is 2. The maximum atomic E-state index is 14.4. The molecule has 0 fully saturated rings. The van der Waals surface area contributed by atoms with Gasteiger partial charge in [-0.2, -0.15) is 0 Å². The van der Waals surface area contributed by atoms with Gasteiger partial charge in [0.15, 0.2) is 0 Å². The number of hydrogen-bond acceptors (Lipinski definition) is 5. The number of fused-ring (bicyclic) bond motifs is 3. The Morgan fingerprint density at radius 2 is 1.97 bits per heavy atom. The predicted octanol–water partition coefficient (Wildman–Crippen LogP) is 4.54. The lowest BCUT2D eigenvalue weighted by molar-refractivity contribution is -0.143. The van der Waals surface area contributed by atoms with E-state index in [4.69, 9.17) is 16.3 Å². The zero-order valence-electron chi connectivity index (χ0n) is 16.2. The molecule has 0 atom stereocenters. The molecule has 0 aliphatic heterocycles. The largest absolute Gasteiger partial charge is 0.465 e. The summed E-state index contributed by atoms with van der Waals surface area (Å²) in [6.07, 6.45) is 0. The summed E-state index contributed by atoms with van der Waals surface area (Å²) < 4.78 is 23.1. The number of carbonyl (C=O) groups excluding carboxylic acids is 1. The molecule has 6 nitrogen and oxygen atoms in total. The third-order valence-corrected chi connectivity index (χ3v) is 6.61. The zero-order chi connectivity index (χ0) is 22.3. The van der Waals surface area contributed by atoms with Crippen molar-refractivity contribution in [3.05, 3.63) is 78.1 Å². The second kappa shape index (κ2) is 8.57. The molecule has 0 saturated carbocycles. The van der Waals surface area contributed by atoms with Crippen LogP contribution in [0.4, 0.5) is 4.39 Å². The Hall–Kier alpha value is -2.49. The van der Waals surface area contributed by atoms with E-state index in [0.29, 0.717) is 20.4 Å². The number of ether oxygens (including phenoxy) is 1. The van der Waals surface area contributed by atoms with Gasteiger partial charge in [-0.05, 0) is 37.3 Å². The summed E-state index contributed by atoms with van der Waals surface area (Å²) in [6.45, 7) is 1.15. The first-order chi connectivity index (χ1) is 14.8. The molecule has 4 aromatic rings. The molecule has 2 aromatic carbocycles. The second-order valence-electron chi connectivity index (χ2n) is 6.72. The lowest BCUT2D eigenvalue weighted by Gasteiger charge is -2.13. The minimum atomic E-state index is -0.729. The smallest absolute Gasteiger partial charge is 0.332 e. The van der Waals surface area contributed by atoms with E-state index in [0.717, 1.165) is 9.27 Å². The van der Waals surface area contributed by atoms with Crippen LogP contribution in [0.5, 0.6) is 0 Å². The van der Waals surface area contributed by atoms with Crippen molar-refractivity contribution in [1.29, 1.82) is 0 Å². The summed E-state index contributed by atoms with van der Waals surface area (Å²) in [4.78, 5) is 38.8. The van der Waals surface area contributed by atoms with Gasteiger partial charge in [-0.3, -0.25) is 18.7 Å². The summed E-state index contributed by atoms with van der Waals surface area (Å²) >= 11 is 10.5. The molecule has 2 heterocycles. The van der Waals surface area contributed by atoms with E-state index >= 15 is 0 Å². The van der Waals surface area contributed by atoms with Gasteiger partial charge >= 0.3 is 11.7 Å². The number of nitrogens with zero attached hydrogens (tertiary/aromatic N) is 2. The number of esters is 1.